The van der Waals surface area contributed by atoms with Gasteiger partial charge in [0.25, 0.3) is 0 Å². The smallest absolute Gasteiger partial charge is 0.241 e. The summed E-state index contributed by atoms with van der Waals surface area (Å²) in [5.74, 6) is 6.54. The first-order chi connectivity index (χ1) is 7.97. The lowest BCUT2D eigenvalue weighted by Crippen LogP contribution is -2.22. The van der Waals surface area contributed by atoms with Gasteiger partial charge in [0.15, 0.2) is 0 Å². The molecule has 0 aliphatic carbocycles. The minimum atomic E-state index is -1.45. The van der Waals surface area contributed by atoms with Crippen molar-refractivity contribution in [2.24, 2.45) is 5.92 Å². The lowest BCUT2D eigenvalue weighted by molar-refractivity contribution is 0.475. The highest BCUT2D eigenvalue weighted by molar-refractivity contribution is 6.69. The van der Waals surface area contributed by atoms with Gasteiger partial charge in [0.05, 0.1) is 6.26 Å². The second-order valence-electron chi connectivity index (χ2n) is 4.98. The number of rotatable bonds is 3. The molecule has 0 spiro atoms. The molecule has 0 saturated carbocycles. The SMILES string of the molecule is CC(C#Cc1ccccc1)/C=C/O[Si](C)(C)C. The molecule has 17 heavy (non-hydrogen) atoms. The summed E-state index contributed by atoms with van der Waals surface area (Å²) in [6.07, 6.45) is 3.81. The molecular formula is C15H20OSi. The van der Waals surface area contributed by atoms with Crippen molar-refractivity contribution in [3.63, 3.8) is 0 Å². The maximum absolute atomic E-state index is 5.64. The molecule has 0 aliphatic rings. The third-order valence-corrected chi connectivity index (χ3v) is 2.85. The highest BCUT2D eigenvalue weighted by Crippen LogP contribution is 2.05. The van der Waals surface area contributed by atoms with Crippen LogP contribution in [0.1, 0.15) is 12.5 Å². The zero-order chi connectivity index (χ0) is 12.7. The van der Waals surface area contributed by atoms with Gasteiger partial charge in [-0.2, -0.15) is 0 Å². The van der Waals surface area contributed by atoms with Crippen LogP contribution in [0.15, 0.2) is 42.7 Å². The van der Waals surface area contributed by atoms with Crippen LogP contribution in [0.25, 0.3) is 0 Å². The van der Waals surface area contributed by atoms with E-state index in [-0.39, 0.29) is 5.92 Å². The van der Waals surface area contributed by atoms with Crippen molar-refractivity contribution in [2.45, 2.75) is 26.6 Å². The van der Waals surface area contributed by atoms with E-state index in [4.69, 9.17) is 4.43 Å². The van der Waals surface area contributed by atoms with E-state index in [9.17, 15) is 0 Å². The number of allylic oxidation sites excluding steroid dienone is 1. The zero-order valence-electron chi connectivity index (χ0n) is 11.0. The van der Waals surface area contributed by atoms with Crippen molar-refractivity contribution in [2.75, 3.05) is 0 Å². The van der Waals surface area contributed by atoms with Crippen molar-refractivity contribution in [3.05, 3.63) is 48.2 Å². The highest BCUT2D eigenvalue weighted by Gasteiger charge is 2.12. The van der Waals surface area contributed by atoms with Crippen molar-refractivity contribution in [1.29, 1.82) is 0 Å². The van der Waals surface area contributed by atoms with Crippen LogP contribution in [-0.2, 0) is 4.43 Å². The molecule has 90 valence electrons. The number of benzene rings is 1. The molecule has 0 bridgehead atoms. The minimum absolute atomic E-state index is 0.214. The lowest BCUT2D eigenvalue weighted by Gasteiger charge is -2.14. The predicted octanol–water partition coefficient (Wildman–Crippen LogP) is 4.04. The highest BCUT2D eigenvalue weighted by atomic mass is 28.4. The van der Waals surface area contributed by atoms with E-state index in [1.54, 1.807) is 6.26 Å². The second-order valence-corrected chi connectivity index (χ2v) is 9.44. The van der Waals surface area contributed by atoms with Crippen molar-refractivity contribution >= 4 is 8.32 Å². The molecule has 2 heteroatoms. The maximum atomic E-state index is 5.64. The number of hydrogen-bond donors (Lipinski definition) is 0. The molecule has 1 nitrogen and oxygen atoms in total. The fourth-order valence-electron chi connectivity index (χ4n) is 1.13. The second kappa shape index (κ2) is 6.32. The monoisotopic (exact) mass is 244 g/mol. The molecule has 0 aromatic heterocycles. The summed E-state index contributed by atoms with van der Waals surface area (Å²) in [6.45, 7) is 8.56. The largest absolute Gasteiger partial charge is 0.550 e. The Morgan fingerprint density at radius 3 is 2.41 bits per heavy atom. The van der Waals surface area contributed by atoms with Crippen LogP contribution in [0.2, 0.25) is 19.6 Å². The summed E-state index contributed by atoms with van der Waals surface area (Å²) in [5, 5.41) is 0. The predicted molar refractivity (Wildman–Crippen MR) is 76.1 cm³/mol. The number of hydrogen-bond acceptors (Lipinski definition) is 1. The molecular weight excluding hydrogens is 224 g/mol. The summed E-state index contributed by atoms with van der Waals surface area (Å²) < 4.78 is 5.64. The lowest BCUT2D eigenvalue weighted by atomic mass is 10.1. The molecule has 1 unspecified atom stereocenters. The topological polar surface area (TPSA) is 9.23 Å². The van der Waals surface area contributed by atoms with E-state index >= 15 is 0 Å². The van der Waals surface area contributed by atoms with Gasteiger partial charge >= 0.3 is 0 Å². The van der Waals surface area contributed by atoms with Crippen LogP contribution in [0.3, 0.4) is 0 Å². The molecule has 1 rings (SSSR count). The van der Waals surface area contributed by atoms with Crippen LogP contribution in [0.4, 0.5) is 0 Å². The van der Waals surface area contributed by atoms with E-state index in [1.165, 1.54) is 0 Å². The van der Waals surface area contributed by atoms with E-state index < -0.39 is 8.32 Å². The molecule has 0 N–H and O–H groups in total. The Kier molecular flexibility index (Phi) is 5.05. The molecule has 0 amide bonds. The molecule has 0 radical (unpaired) electrons. The van der Waals surface area contributed by atoms with Crippen molar-refractivity contribution < 1.29 is 4.43 Å². The van der Waals surface area contributed by atoms with E-state index in [0.717, 1.165) is 5.56 Å². The molecule has 0 saturated heterocycles. The van der Waals surface area contributed by atoms with Gasteiger partial charge in [-0.15, -0.1) is 0 Å². The first kappa shape index (κ1) is 13.6. The summed E-state index contributed by atoms with van der Waals surface area (Å²) >= 11 is 0. The Labute approximate surface area is 106 Å². The average molecular weight is 244 g/mol. The van der Waals surface area contributed by atoms with Crippen molar-refractivity contribution in [1.82, 2.24) is 0 Å². The first-order valence-corrected chi connectivity index (χ1v) is 9.29. The van der Waals surface area contributed by atoms with E-state index in [1.807, 2.05) is 36.4 Å². The van der Waals surface area contributed by atoms with Gasteiger partial charge in [-0.3, -0.25) is 0 Å². The fraction of sp³-hybridized carbons (Fsp3) is 0.333. The Morgan fingerprint density at radius 1 is 1.18 bits per heavy atom. The van der Waals surface area contributed by atoms with Crippen LogP contribution in [0, 0.1) is 17.8 Å². The standard InChI is InChI=1S/C15H20OSi/c1-14(12-13-16-17(2,3)4)10-11-15-8-6-5-7-9-15/h5-9,12-14H,1-4H3/b13-12+. The first-order valence-electron chi connectivity index (χ1n) is 5.88. The van der Waals surface area contributed by atoms with Gasteiger partial charge in [-0.1, -0.05) is 30.0 Å². The maximum Gasteiger partial charge on any atom is 0.241 e. The van der Waals surface area contributed by atoms with Gasteiger partial charge < -0.3 is 4.43 Å². The summed E-state index contributed by atoms with van der Waals surface area (Å²) in [6, 6.07) is 10.0. The molecule has 0 heterocycles. The summed E-state index contributed by atoms with van der Waals surface area (Å²) in [7, 11) is -1.45. The third kappa shape index (κ3) is 6.65. The van der Waals surface area contributed by atoms with Crippen LogP contribution in [-0.4, -0.2) is 8.32 Å². The average Bonchev–Trinajstić information content (AvgIpc) is 2.26. The quantitative estimate of drug-likeness (QED) is 0.443. The molecule has 1 atom stereocenters. The molecule has 0 fully saturated rings. The zero-order valence-corrected chi connectivity index (χ0v) is 12.0. The van der Waals surface area contributed by atoms with E-state index in [2.05, 4.69) is 38.4 Å². The van der Waals surface area contributed by atoms with Gasteiger partial charge in [-0.05, 0) is 44.8 Å². The third-order valence-electron chi connectivity index (χ3n) is 2.01. The molecule has 1 aromatic rings. The van der Waals surface area contributed by atoms with Crippen LogP contribution in [0.5, 0.6) is 0 Å². The van der Waals surface area contributed by atoms with E-state index in [0.29, 0.717) is 0 Å². The van der Waals surface area contributed by atoms with Crippen molar-refractivity contribution in [3.8, 4) is 11.8 Å². The Hall–Kier alpha value is -1.46. The Bertz CT molecular complexity index is 418. The Morgan fingerprint density at radius 2 is 1.82 bits per heavy atom. The normalized spacial score (nSPS) is 12.9. The van der Waals surface area contributed by atoms with Gasteiger partial charge in [0, 0.05) is 11.5 Å². The van der Waals surface area contributed by atoms with Crippen LogP contribution < -0.4 is 0 Å². The summed E-state index contributed by atoms with van der Waals surface area (Å²) in [5.41, 5.74) is 1.05. The van der Waals surface area contributed by atoms with Crippen LogP contribution >= 0.6 is 0 Å². The van der Waals surface area contributed by atoms with Gasteiger partial charge in [0.2, 0.25) is 8.32 Å². The molecule has 0 aliphatic heterocycles. The van der Waals surface area contributed by atoms with Gasteiger partial charge in [-0.25, -0.2) is 0 Å². The van der Waals surface area contributed by atoms with Gasteiger partial charge in [0.1, 0.15) is 0 Å². The fourth-order valence-corrected chi connectivity index (χ4v) is 1.61. The minimum Gasteiger partial charge on any atom is -0.550 e. The Balaban J connectivity index is 2.51. The molecule has 1 aromatic carbocycles. The summed E-state index contributed by atoms with van der Waals surface area (Å²) in [4.78, 5) is 0.